The van der Waals surface area contributed by atoms with Crippen molar-refractivity contribution in [1.82, 2.24) is 9.55 Å². The molecule has 0 unspecified atom stereocenters. The second-order valence-electron chi connectivity index (χ2n) is 3.31. The molecule has 2 nitrogen and oxygen atoms in total. The van der Waals surface area contributed by atoms with Crippen molar-refractivity contribution in [3.05, 3.63) is 54.1 Å². The molecule has 1 aromatic heterocycles. The number of imidazole rings is 1. The molecule has 0 amide bonds. The Morgan fingerprint density at radius 1 is 1.12 bits per heavy atom. The van der Waals surface area contributed by atoms with Gasteiger partial charge in [-0.15, -0.1) is 0 Å². The van der Waals surface area contributed by atoms with Gasteiger partial charge in [-0.2, -0.15) is 0 Å². The number of hydrogen-bond acceptors (Lipinski definition) is 1. The average molecular weight is 216 g/mol. The average Bonchev–Trinajstić information content (AvgIpc) is 2.80. The molecule has 1 heterocycles. The SMILES string of the molecule is CC.CCc1nccn1Cc1ccccc1. The van der Waals surface area contributed by atoms with Crippen LogP contribution in [0.3, 0.4) is 0 Å². The lowest BCUT2D eigenvalue weighted by Gasteiger charge is -2.05. The van der Waals surface area contributed by atoms with Crippen molar-refractivity contribution in [3.8, 4) is 0 Å². The zero-order valence-corrected chi connectivity index (χ0v) is 10.4. The normalized spacial score (nSPS) is 9.44. The van der Waals surface area contributed by atoms with Crippen LogP contribution in [0, 0.1) is 0 Å². The van der Waals surface area contributed by atoms with E-state index in [1.54, 1.807) is 0 Å². The number of hydrogen-bond donors (Lipinski definition) is 0. The molecule has 86 valence electrons. The maximum absolute atomic E-state index is 4.29. The van der Waals surface area contributed by atoms with E-state index in [-0.39, 0.29) is 0 Å². The van der Waals surface area contributed by atoms with Gasteiger partial charge in [0.25, 0.3) is 0 Å². The van der Waals surface area contributed by atoms with Gasteiger partial charge in [0.15, 0.2) is 0 Å². The summed E-state index contributed by atoms with van der Waals surface area (Å²) in [5, 5.41) is 0. The number of nitrogens with zero attached hydrogens (tertiary/aromatic N) is 2. The van der Waals surface area contributed by atoms with Crippen molar-refractivity contribution >= 4 is 0 Å². The summed E-state index contributed by atoms with van der Waals surface area (Å²) < 4.78 is 2.19. The van der Waals surface area contributed by atoms with Crippen LogP contribution in [0.1, 0.15) is 32.2 Å². The Labute approximate surface area is 98.0 Å². The van der Waals surface area contributed by atoms with Gasteiger partial charge in [0.05, 0.1) is 0 Å². The largest absolute Gasteiger partial charge is 0.331 e. The van der Waals surface area contributed by atoms with Crippen LogP contribution >= 0.6 is 0 Å². The zero-order valence-electron chi connectivity index (χ0n) is 10.4. The summed E-state index contributed by atoms with van der Waals surface area (Å²) in [6.45, 7) is 7.05. The molecular weight excluding hydrogens is 196 g/mol. The number of benzene rings is 1. The van der Waals surface area contributed by atoms with Crippen molar-refractivity contribution in [3.63, 3.8) is 0 Å². The summed E-state index contributed by atoms with van der Waals surface area (Å²) in [6.07, 6.45) is 4.88. The quantitative estimate of drug-likeness (QED) is 0.767. The van der Waals surface area contributed by atoms with Crippen molar-refractivity contribution in [2.75, 3.05) is 0 Å². The standard InChI is InChI=1S/C12H14N2.C2H6/c1-2-12-13-8-9-14(12)10-11-6-4-3-5-7-11;1-2/h3-9H,2,10H2,1H3;1-2H3. The molecule has 0 radical (unpaired) electrons. The van der Waals surface area contributed by atoms with E-state index in [0.717, 1.165) is 18.8 Å². The molecule has 0 aliphatic rings. The van der Waals surface area contributed by atoms with Gasteiger partial charge in [-0.05, 0) is 5.56 Å². The van der Waals surface area contributed by atoms with Gasteiger partial charge < -0.3 is 4.57 Å². The van der Waals surface area contributed by atoms with E-state index in [0.29, 0.717) is 0 Å². The lowest BCUT2D eigenvalue weighted by molar-refractivity contribution is 0.732. The molecule has 2 rings (SSSR count). The van der Waals surface area contributed by atoms with Gasteiger partial charge in [0, 0.05) is 25.4 Å². The first-order valence-electron chi connectivity index (χ1n) is 5.94. The van der Waals surface area contributed by atoms with E-state index >= 15 is 0 Å². The molecule has 0 saturated heterocycles. The summed E-state index contributed by atoms with van der Waals surface area (Å²) in [7, 11) is 0. The van der Waals surface area contributed by atoms with E-state index in [1.165, 1.54) is 5.56 Å². The molecule has 2 heteroatoms. The fourth-order valence-electron chi connectivity index (χ4n) is 1.58. The minimum atomic E-state index is 0.921. The predicted molar refractivity (Wildman–Crippen MR) is 68.5 cm³/mol. The van der Waals surface area contributed by atoms with Crippen LogP contribution in [0.25, 0.3) is 0 Å². The first-order valence-corrected chi connectivity index (χ1v) is 5.94. The second kappa shape index (κ2) is 6.83. The van der Waals surface area contributed by atoms with Crippen LogP contribution < -0.4 is 0 Å². The van der Waals surface area contributed by atoms with E-state index in [4.69, 9.17) is 0 Å². The molecule has 1 aromatic carbocycles. The third-order valence-electron chi connectivity index (χ3n) is 2.31. The topological polar surface area (TPSA) is 17.8 Å². The molecule has 0 aliphatic heterocycles. The highest BCUT2D eigenvalue weighted by molar-refractivity contribution is 5.15. The Kier molecular flexibility index (Phi) is 5.34. The third kappa shape index (κ3) is 3.23. The maximum atomic E-state index is 4.29. The highest BCUT2D eigenvalue weighted by Crippen LogP contribution is 2.05. The Balaban J connectivity index is 0.000000606. The highest BCUT2D eigenvalue weighted by atomic mass is 15.1. The summed E-state index contributed by atoms with van der Waals surface area (Å²) in [5.41, 5.74) is 1.32. The Morgan fingerprint density at radius 2 is 1.81 bits per heavy atom. The van der Waals surface area contributed by atoms with Crippen LogP contribution in [-0.2, 0) is 13.0 Å². The van der Waals surface area contributed by atoms with Crippen LogP contribution in [0.5, 0.6) is 0 Å². The Morgan fingerprint density at radius 3 is 2.44 bits per heavy atom. The monoisotopic (exact) mass is 216 g/mol. The van der Waals surface area contributed by atoms with Crippen molar-refractivity contribution in [2.45, 2.75) is 33.7 Å². The van der Waals surface area contributed by atoms with Gasteiger partial charge >= 0.3 is 0 Å². The maximum Gasteiger partial charge on any atom is 0.108 e. The summed E-state index contributed by atoms with van der Waals surface area (Å²) in [6, 6.07) is 10.5. The molecule has 0 N–H and O–H groups in total. The second-order valence-corrected chi connectivity index (χ2v) is 3.31. The zero-order chi connectivity index (χ0) is 11.8. The molecule has 0 saturated carbocycles. The van der Waals surface area contributed by atoms with Gasteiger partial charge in [-0.3, -0.25) is 0 Å². The fraction of sp³-hybridized carbons (Fsp3) is 0.357. The van der Waals surface area contributed by atoms with E-state index < -0.39 is 0 Å². The predicted octanol–water partition coefficient (Wildman–Crippen LogP) is 3.52. The van der Waals surface area contributed by atoms with Gasteiger partial charge in [-0.25, -0.2) is 4.98 Å². The molecule has 16 heavy (non-hydrogen) atoms. The van der Waals surface area contributed by atoms with Gasteiger partial charge in [-0.1, -0.05) is 51.1 Å². The van der Waals surface area contributed by atoms with E-state index in [2.05, 4.69) is 40.7 Å². The smallest absolute Gasteiger partial charge is 0.108 e. The third-order valence-corrected chi connectivity index (χ3v) is 2.31. The fourth-order valence-corrected chi connectivity index (χ4v) is 1.58. The molecule has 2 aromatic rings. The lowest BCUT2D eigenvalue weighted by Crippen LogP contribution is -2.02. The van der Waals surface area contributed by atoms with Gasteiger partial charge in [0.2, 0.25) is 0 Å². The molecule has 0 aliphatic carbocycles. The molecule has 0 atom stereocenters. The molecule has 0 bridgehead atoms. The van der Waals surface area contributed by atoms with Crippen LogP contribution in [0.4, 0.5) is 0 Å². The molecule has 0 fully saturated rings. The number of aromatic nitrogens is 2. The van der Waals surface area contributed by atoms with Crippen molar-refractivity contribution < 1.29 is 0 Å². The van der Waals surface area contributed by atoms with Crippen LogP contribution in [0.15, 0.2) is 42.7 Å². The summed E-state index contributed by atoms with van der Waals surface area (Å²) >= 11 is 0. The van der Waals surface area contributed by atoms with Crippen LogP contribution in [0.2, 0.25) is 0 Å². The van der Waals surface area contributed by atoms with E-state index in [9.17, 15) is 0 Å². The minimum absolute atomic E-state index is 0.921. The minimum Gasteiger partial charge on any atom is -0.331 e. The van der Waals surface area contributed by atoms with Crippen molar-refractivity contribution in [2.24, 2.45) is 0 Å². The summed E-state index contributed by atoms with van der Waals surface area (Å²) in [5.74, 6) is 1.15. The first kappa shape index (κ1) is 12.5. The van der Waals surface area contributed by atoms with Crippen molar-refractivity contribution in [1.29, 1.82) is 0 Å². The number of rotatable bonds is 3. The van der Waals surface area contributed by atoms with Gasteiger partial charge in [0.1, 0.15) is 5.82 Å². The molecular formula is C14H20N2. The Hall–Kier alpha value is -1.57. The van der Waals surface area contributed by atoms with E-state index in [1.807, 2.05) is 32.3 Å². The van der Waals surface area contributed by atoms with Crippen LogP contribution in [-0.4, -0.2) is 9.55 Å². The highest BCUT2D eigenvalue weighted by Gasteiger charge is 1.99. The first-order chi connectivity index (χ1) is 7.90. The lowest BCUT2D eigenvalue weighted by atomic mass is 10.2. The number of aryl methyl sites for hydroxylation is 1. The molecule has 0 spiro atoms. The summed E-state index contributed by atoms with van der Waals surface area (Å²) in [4.78, 5) is 4.29. The Bertz CT molecular complexity index is 390.